The molecule has 182 valence electrons. The van der Waals surface area contributed by atoms with Crippen molar-refractivity contribution in [1.29, 1.82) is 0 Å². The van der Waals surface area contributed by atoms with Crippen LogP contribution in [-0.4, -0.2) is 52.9 Å². The van der Waals surface area contributed by atoms with E-state index in [2.05, 4.69) is 30.9 Å². The van der Waals surface area contributed by atoms with Gasteiger partial charge in [0.15, 0.2) is 0 Å². The van der Waals surface area contributed by atoms with Crippen molar-refractivity contribution in [3.63, 3.8) is 0 Å². The smallest absolute Gasteiger partial charge is 0.249 e. The Kier molecular flexibility index (Phi) is 7.20. The van der Waals surface area contributed by atoms with Gasteiger partial charge in [-0.05, 0) is 94.4 Å². The molecule has 3 aliphatic carbocycles. The molecule has 1 heterocycles. The predicted molar refractivity (Wildman–Crippen MR) is 125 cm³/mol. The second-order valence-electron chi connectivity index (χ2n) is 11.8. The molecule has 0 bridgehead atoms. The molecule has 5 heteroatoms. The van der Waals surface area contributed by atoms with E-state index < -0.39 is 24.0 Å². The summed E-state index contributed by atoms with van der Waals surface area (Å²) in [5, 5.41) is 20.0. The maximum atomic E-state index is 13.7. The van der Waals surface area contributed by atoms with Crippen molar-refractivity contribution in [1.82, 2.24) is 4.90 Å². The number of hydrogen-bond donors (Lipinski definition) is 2. The lowest BCUT2D eigenvalue weighted by Crippen LogP contribution is -2.40. The van der Waals surface area contributed by atoms with Gasteiger partial charge in [0.2, 0.25) is 5.92 Å². The number of alkyl halides is 2. The molecule has 2 N–H and O–H groups in total. The first-order valence-electron chi connectivity index (χ1n) is 12.9. The van der Waals surface area contributed by atoms with Crippen LogP contribution in [0.15, 0.2) is 23.3 Å². The first-order chi connectivity index (χ1) is 15.1. The molecular weight excluding hydrogens is 408 g/mol. The third-order valence-corrected chi connectivity index (χ3v) is 9.33. The molecule has 1 aliphatic heterocycles. The Morgan fingerprint density at radius 1 is 1.16 bits per heavy atom. The molecule has 0 spiro atoms. The van der Waals surface area contributed by atoms with Crippen molar-refractivity contribution < 1.29 is 19.0 Å². The summed E-state index contributed by atoms with van der Waals surface area (Å²) in [6, 6.07) is 0. The summed E-state index contributed by atoms with van der Waals surface area (Å²) in [4.78, 5) is 2.28. The molecule has 3 nitrogen and oxygen atoms in total. The first-order valence-corrected chi connectivity index (χ1v) is 12.9. The van der Waals surface area contributed by atoms with E-state index in [1.807, 2.05) is 0 Å². The number of allylic oxidation sites excluding steroid dienone is 3. The Morgan fingerprint density at radius 2 is 1.88 bits per heavy atom. The second kappa shape index (κ2) is 9.46. The van der Waals surface area contributed by atoms with Crippen molar-refractivity contribution in [2.24, 2.45) is 29.1 Å². The second-order valence-corrected chi connectivity index (χ2v) is 11.8. The van der Waals surface area contributed by atoms with E-state index in [1.165, 1.54) is 25.7 Å². The van der Waals surface area contributed by atoms with Crippen LogP contribution in [0.4, 0.5) is 8.78 Å². The minimum Gasteiger partial charge on any atom is -0.393 e. The normalized spacial score (nSPS) is 42.5. The van der Waals surface area contributed by atoms with Gasteiger partial charge in [0.1, 0.15) is 0 Å². The Bertz CT molecular complexity index is 718. The fourth-order valence-corrected chi connectivity index (χ4v) is 7.69. The van der Waals surface area contributed by atoms with Crippen LogP contribution in [0.2, 0.25) is 0 Å². The highest BCUT2D eigenvalue weighted by Crippen LogP contribution is 2.59. The Morgan fingerprint density at radius 3 is 2.53 bits per heavy atom. The van der Waals surface area contributed by atoms with Gasteiger partial charge in [0.25, 0.3) is 0 Å². The molecular formula is C27H43F2NO2. The molecule has 0 aromatic rings. The molecule has 1 saturated heterocycles. The average Bonchev–Trinajstić information content (AvgIpc) is 3.29. The number of aliphatic hydroxyl groups excluding tert-OH is 2. The third-order valence-electron chi connectivity index (χ3n) is 9.33. The number of halogens is 2. The van der Waals surface area contributed by atoms with Crippen LogP contribution in [0.25, 0.3) is 0 Å². The van der Waals surface area contributed by atoms with E-state index in [1.54, 1.807) is 5.57 Å². The highest BCUT2D eigenvalue weighted by molar-refractivity contribution is 5.26. The van der Waals surface area contributed by atoms with E-state index >= 15 is 0 Å². The summed E-state index contributed by atoms with van der Waals surface area (Å²) in [5.74, 6) is -1.29. The molecule has 7 atom stereocenters. The quantitative estimate of drug-likeness (QED) is 0.574. The van der Waals surface area contributed by atoms with E-state index in [0.29, 0.717) is 55.4 Å². The standard InChI is InChI=1S/C27H43F2NO2/c1-18(16-30-12-10-21(17-30)27(3,28)29)24-8-9-25-20(5-4-11-26(24,25)2)7-6-19-13-22(31)15-23(32)14-19/h6-7,18,21-25,31-32H,4-5,8-17H2,1-3H3/t18-,21+,22-,23+,24+,25-,26+/m0/s1. The lowest BCUT2D eigenvalue weighted by Gasteiger charge is -2.45. The molecule has 0 unspecified atom stereocenters. The van der Waals surface area contributed by atoms with Crippen molar-refractivity contribution >= 4 is 0 Å². The Labute approximate surface area is 193 Å². The molecule has 4 aliphatic rings. The molecule has 4 rings (SSSR count). The zero-order valence-electron chi connectivity index (χ0n) is 20.2. The number of rotatable bonds is 5. The van der Waals surface area contributed by atoms with Crippen LogP contribution in [0.3, 0.4) is 0 Å². The van der Waals surface area contributed by atoms with Crippen LogP contribution in [-0.2, 0) is 0 Å². The van der Waals surface area contributed by atoms with Crippen LogP contribution in [0.5, 0.6) is 0 Å². The largest absolute Gasteiger partial charge is 0.393 e. The topological polar surface area (TPSA) is 43.7 Å². The fourth-order valence-electron chi connectivity index (χ4n) is 7.69. The lowest BCUT2D eigenvalue weighted by atomic mass is 9.61. The summed E-state index contributed by atoms with van der Waals surface area (Å²) in [7, 11) is 0. The fraction of sp³-hybridized carbons (Fsp3) is 0.852. The summed E-state index contributed by atoms with van der Waals surface area (Å²) in [6.07, 6.45) is 12.2. The van der Waals surface area contributed by atoms with Crippen molar-refractivity contribution in [3.8, 4) is 0 Å². The average molecular weight is 452 g/mol. The monoisotopic (exact) mass is 451 g/mol. The molecule has 3 saturated carbocycles. The minimum atomic E-state index is -2.57. The Balaban J connectivity index is 1.41. The molecule has 4 fully saturated rings. The zero-order chi connectivity index (χ0) is 23.1. The number of hydrogen-bond acceptors (Lipinski definition) is 3. The van der Waals surface area contributed by atoms with Gasteiger partial charge in [-0.25, -0.2) is 8.78 Å². The van der Waals surface area contributed by atoms with Crippen LogP contribution in [0.1, 0.15) is 78.6 Å². The third kappa shape index (κ3) is 5.15. The maximum Gasteiger partial charge on any atom is 0.249 e. The highest BCUT2D eigenvalue weighted by Gasteiger charge is 2.51. The van der Waals surface area contributed by atoms with Gasteiger partial charge < -0.3 is 15.1 Å². The number of fused-ring (bicyclic) bond motifs is 1. The van der Waals surface area contributed by atoms with Gasteiger partial charge in [-0.15, -0.1) is 0 Å². The van der Waals surface area contributed by atoms with E-state index in [4.69, 9.17) is 0 Å². The van der Waals surface area contributed by atoms with E-state index in [-0.39, 0.29) is 0 Å². The van der Waals surface area contributed by atoms with Crippen LogP contribution in [0, 0.1) is 29.1 Å². The summed E-state index contributed by atoms with van der Waals surface area (Å²) in [6.45, 7) is 8.19. The minimum absolute atomic E-state index is 0.293. The van der Waals surface area contributed by atoms with Gasteiger partial charge >= 0.3 is 0 Å². The summed E-state index contributed by atoms with van der Waals surface area (Å²) in [5.41, 5.74) is 3.00. The molecule has 32 heavy (non-hydrogen) atoms. The van der Waals surface area contributed by atoms with Crippen LogP contribution >= 0.6 is 0 Å². The maximum absolute atomic E-state index is 13.7. The van der Waals surface area contributed by atoms with Gasteiger partial charge in [-0.3, -0.25) is 0 Å². The van der Waals surface area contributed by atoms with Gasteiger partial charge in [0, 0.05) is 19.0 Å². The summed E-state index contributed by atoms with van der Waals surface area (Å²) < 4.78 is 27.5. The van der Waals surface area contributed by atoms with Crippen molar-refractivity contribution in [2.45, 2.75) is 96.7 Å². The van der Waals surface area contributed by atoms with Crippen molar-refractivity contribution in [2.75, 3.05) is 19.6 Å². The lowest BCUT2D eigenvalue weighted by molar-refractivity contribution is -0.0360. The van der Waals surface area contributed by atoms with Gasteiger partial charge in [-0.1, -0.05) is 37.1 Å². The van der Waals surface area contributed by atoms with Crippen LogP contribution < -0.4 is 0 Å². The number of nitrogens with zero attached hydrogens (tertiary/aromatic N) is 1. The molecule has 0 aromatic heterocycles. The number of likely N-dealkylation sites (tertiary alicyclic amines) is 1. The molecule has 0 aromatic carbocycles. The molecule has 0 amide bonds. The SMILES string of the molecule is C[C@@H](CN1CC[C@@H](C(C)(F)F)C1)[C@H]1CC[C@H]2C(=CC=C3C[C@@H](O)C[C@@H](O)C3)CCC[C@]12C. The zero-order valence-corrected chi connectivity index (χ0v) is 20.2. The first kappa shape index (κ1) is 24.3. The van der Waals surface area contributed by atoms with Gasteiger partial charge in [-0.2, -0.15) is 0 Å². The Hall–Kier alpha value is -0.780. The van der Waals surface area contributed by atoms with Crippen molar-refractivity contribution in [3.05, 3.63) is 23.3 Å². The van der Waals surface area contributed by atoms with Gasteiger partial charge in [0.05, 0.1) is 12.2 Å². The predicted octanol–water partition coefficient (Wildman–Crippen LogP) is 5.57. The van der Waals surface area contributed by atoms with E-state index in [0.717, 1.165) is 32.0 Å². The molecule has 0 radical (unpaired) electrons. The highest BCUT2D eigenvalue weighted by atomic mass is 19.3. The number of aliphatic hydroxyl groups is 2. The van der Waals surface area contributed by atoms with E-state index in [9.17, 15) is 19.0 Å². The summed E-state index contributed by atoms with van der Waals surface area (Å²) >= 11 is 0.